The van der Waals surface area contributed by atoms with Crippen molar-refractivity contribution in [2.45, 2.75) is 24.5 Å². The van der Waals surface area contributed by atoms with Gasteiger partial charge < -0.3 is 10.6 Å². The summed E-state index contributed by atoms with van der Waals surface area (Å²) in [5.74, 6) is 1.00. The Hall–Kier alpha value is -3.37. The van der Waals surface area contributed by atoms with Crippen LogP contribution in [0, 0.1) is 10.1 Å². The maximum absolute atomic E-state index is 12.8. The van der Waals surface area contributed by atoms with E-state index in [1.807, 2.05) is 30.3 Å². The van der Waals surface area contributed by atoms with E-state index in [2.05, 4.69) is 15.7 Å². The summed E-state index contributed by atoms with van der Waals surface area (Å²) in [4.78, 5) is 35.9. The molecule has 0 unspecified atom stereocenters. The molecule has 0 saturated carbocycles. The molecule has 1 aliphatic heterocycles. The van der Waals surface area contributed by atoms with Gasteiger partial charge >= 0.3 is 0 Å². The average Bonchev–Trinajstić information content (AvgIpc) is 3.37. The van der Waals surface area contributed by atoms with Gasteiger partial charge in [0.1, 0.15) is 17.4 Å². The van der Waals surface area contributed by atoms with Gasteiger partial charge in [-0.25, -0.2) is 4.68 Å². The van der Waals surface area contributed by atoms with Crippen molar-refractivity contribution in [1.29, 1.82) is 0 Å². The van der Waals surface area contributed by atoms with Gasteiger partial charge in [-0.1, -0.05) is 41.9 Å². The molecule has 11 heteroatoms. The van der Waals surface area contributed by atoms with Crippen molar-refractivity contribution in [3.63, 3.8) is 0 Å². The highest BCUT2D eigenvalue weighted by Crippen LogP contribution is 2.35. The number of nitrogens with zero attached hydrogens (tertiary/aromatic N) is 3. The lowest BCUT2D eigenvalue weighted by Gasteiger charge is -2.12. The molecule has 0 spiro atoms. The highest BCUT2D eigenvalue weighted by Gasteiger charge is 2.26. The van der Waals surface area contributed by atoms with Gasteiger partial charge in [-0.3, -0.25) is 19.7 Å². The minimum Gasteiger partial charge on any atom is -0.354 e. The number of carbonyl (C=O) groups is 2. The first-order valence-corrected chi connectivity index (χ1v) is 11.7. The maximum atomic E-state index is 12.8. The fourth-order valence-electron chi connectivity index (χ4n) is 3.48. The number of halogens is 1. The highest BCUT2D eigenvalue weighted by atomic mass is 35.5. The van der Waals surface area contributed by atoms with Gasteiger partial charge in [0, 0.05) is 35.2 Å². The predicted molar refractivity (Wildman–Crippen MR) is 126 cm³/mol. The minimum atomic E-state index is -0.641. The molecule has 3 aromatic rings. The smallest absolute Gasteiger partial charge is 0.288 e. The second-order valence-electron chi connectivity index (χ2n) is 7.39. The van der Waals surface area contributed by atoms with Crippen molar-refractivity contribution < 1.29 is 14.5 Å². The zero-order valence-electron chi connectivity index (χ0n) is 17.4. The summed E-state index contributed by atoms with van der Waals surface area (Å²) in [7, 11) is 0. The van der Waals surface area contributed by atoms with Crippen LogP contribution in [0.1, 0.15) is 27.2 Å². The number of rotatable bonds is 8. The van der Waals surface area contributed by atoms with Crippen molar-refractivity contribution in [3.05, 3.63) is 86.1 Å². The molecule has 2 aromatic carbocycles. The molecule has 1 aromatic heterocycles. The molecule has 0 bridgehead atoms. The first kappa shape index (κ1) is 22.8. The number of fused-ring (bicyclic) bond motifs is 1. The fourth-order valence-corrected chi connectivity index (χ4v) is 4.70. The summed E-state index contributed by atoms with van der Waals surface area (Å²) in [5.41, 5.74) is 2.53. The van der Waals surface area contributed by atoms with Crippen molar-refractivity contribution in [1.82, 2.24) is 15.1 Å². The number of hydrogen-bond acceptors (Lipinski definition) is 6. The van der Waals surface area contributed by atoms with Crippen LogP contribution >= 0.6 is 23.4 Å². The molecule has 9 nitrogen and oxygen atoms in total. The Morgan fingerprint density at radius 2 is 1.97 bits per heavy atom. The molecule has 0 saturated heterocycles. The van der Waals surface area contributed by atoms with E-state index in [-0.39, 0.29) is 28.7 Å². The molecule has 1 aliphatic rings. The minimum absolute atomic E-state index is 0.0499. The van der Waals surface area contributed by atoms with Crippen LogP contribution in [0.4, 0.5) is 11.5 Å². The normalized spacial score (nSPS) is 12.3. The summed E-state index contributed by atoms with van der Waals surface area (Å²) < 4.78 is 1.48. The van der Waals surface area contributed by atoms with Crippen LogP contribution in [0.25, 0.3) is 0 Å². The Bertz CT molecular complexity index is 1210. The zero-order chi connectivity index (χ0) is 23.4. The molecule has 170 valence electrons. The lowest BCUT2D eigenvalue weighted by atomic mass is 10.1. The topological polar surface area (TPSA) is 119 Å². The van der Waals surface area contributed by atoms with Crippen LogP contribution in [0.3, 0.4) is 0 Å². The molecule has 0 aliphatic carbocycles. The van der Waals surface area contributed by atoms with E-state index < -0.39 is 10.8 Å². The third kappa shape index (κ3) is 5.35. The number of nitro groups is 1. The van der Waals surface area contributed by atoms with Crippen LogP contribution in [0.5, 0.6) is 0 Å². The highest BCUT2D eigenvalue weighted by molar-refractivity contribution is 7.98. The standard InChI is InChI=1S/C22H20ClN5O4S/c23-17-7-6-15(10-19(17)28(31)32)22(30)25-21-16-12-33-13-18(16)26-27(21)11-20(29)24-9-8-14-4-2-1-3-5-14/h1-7,10H,8-9,11-13H2,(H,24,29)(H,25,30). The van der Waals surface area contributed by atoms with Crippen LogP contribution in [0.2, 0.25) is 5.02 Å². The Morgan fingerprint density at radius 1 is 1.18 bits per heavy atom. The van der Waals surface area contributed by atoms with Gasteiger partial charge in [-0.2, -0.15) is 16.9 Å². The number of amides is 2. The monoisotopic (exact) mass is 485 g/mol. The quantitative estimate of drug-likeness (QED) is 0.370. The maximum Gasteiger partial charge on any atom is 0.288 e. The average molecular weight is 486 g/mol. The number of thioether (sulfide) groups is 1. The number of anilines is 1. The first-order valence-electron chi connectivity index (χ1n) is 10.1. The van der Waals surface area contributed by atoms with E-state index in [1.165, 1.54) is 16.8 Å². The van der Waals surface area contributed by atoms with E-state index >= 15 is 0 Å². The summed E-state index contributed by atoms with van der Waals surface area (Å²) in [6.45, 7) is 0.429. The lowest BCUT2D eigenvalue weighted by Crippen LogP contribution is -2.30. The number of benzene rings is 2. The number of carbonyl (C=O) groups excluding carboxylic acids is 2. The molecular formula is C22H20ClN5O4S. The fraction of sp³-hybridized carbons (Fsp3) is 0.227. The van der Waals surface area contributed by atoms with Crippen molar-refractivity contribution >= 4 is 46.7 Å². The lowest BCUT2D eigenvalue weighted by molar-refractivity contribution is -0.384. The van der Waals surface area contributed by atoms with E-state index in [9.17, 15) is 19.7 Å². The van der Waals surface area contributed by atoms with Gasteiger partial charge in [0.05, 0.1) is 10.6 Å². The van der Waals surface area contributed by atoms with Gasteiger partial charge in [-0.05, 0) is 24.1 Å². The van der Waals surface area contributed by atoms with Crippen LogP contribution in [0.15, 0.2) is 48.5 Å². The summed E-state index contributed by atoms with van der Waals surface area (Å²) in [5, 5.41) is 21.2. The Kier molecular flexibility index (Phi) is 6.95. The summed E-state index contributed by atoms with van der Waals surface area (Å²) in [6, 6.07) is 13.7. The first-order chi connectivity index (χ1) is 15.9. The van der Waals surface area contributed by atoms with E-state index in [4.69, 9.17) is 11.6 Å². The van der Waals surface area contributed by atoms with Gasteiger partial charge in [0.15, 0.2) is 0 Å². The molecule has 4 rings (SSSR count). The van der Waals surface area contributed by atoms with E-state index in [0.29, 0.717) is 30.3 Å². The second-order valence-corrected chi connectivity index (χ2v) is 8.78. The Labute approximate surface area is 198 Å². The van der Waals surface area contributed by atoms with Gasteiger partial charge in [0.2, 0.25) is 5.91 Å². The molecule has 0 fully saturated rings. The summed E-state index contributed by atoms with van der Waals surface area (Å²) >= 11 is 7.50. The van der Waals surface area contributed by atoms with Crippen LogP contribution < -0.4 is 10.6 Å². The molecule has 0 atom stereocenters. The zero-order valence-corrected chi connectivity index (χ0v) is 19.0. The molecule has 2 amide bonds. The third-order valence-electron chi connectivity index (χ3n) is 5.13. The molecule has 2 N–H and O–H groups in total. The number of nitrogens with one attached hydrogen (secondary N) is 2. The largest absolute Gasteiger partial charge is 0.354 e. The van der Waals surface area contributed by atoms with Crippen molar-refractivity contribution in [2.24, 2.45) is 0 Å². The number of nitro benzene ring substituents is 1. The predicted octanol–water partition coefficient (Wildman–Crippen LogP) is 3.80. The summed E-state index contributed by atoms with van der Waals surface area (Å²) in [6.07, 6.45) is 0.706. The third-order valence-corrected chi connectivity index (χ3v) is 6.42. The molecule has 33 heavy (non-hydrogen) atoms. The molecular weight excluding hydrogens is 466 g/mol. The molecule has 2 heterocycles. The van der Waals surface area contributed by atoms with E-state index in [0.717, 1.165) is 22.9 Å². The number of aromatic nitrogens is 2. The van der Waals surface area contributed by atoms with E-state index in [1.54, 1.807) is 11.8 Å². The Morgan fingerprint density at radius 3 is 2.73 bits per heavy atom. The SMILES string of the molecule is O=C(Cn1nc2c(c1NC(=O)c1ccc(Cl)c([N+](=O)[O-])c1)CSC2)NCCc1ccccc1. The van der Waals surface area contributed by atoms with Crippen LogP contribution in [-0.4, -0.2) is 33.1 Å². The van der Waals surface area contributed by atoms with Crippen molar-refractivity contribution in [3.8, 4) is 0 Å². The number of hydrogen-bond donors (Lipinski definition) is 2. The van der Waals surface area contributed by atoms with Crippen LogP contribution in [-0.2, 0) is 29.3 Å². The van der Waals surface area contributed by atoms with Gasteiger partial charge in [-0.15, -0.1) is 0 Å². The molecule has 0 radical (unpaired) electrons. The Balaban J connectivity index is 1.46. The second kappa shape index (κ2) is 10.1. The van der Waals surface area contributed by atoms with Crippen molar-refractivity contribution in [2.75, 3.05) is 11.9 Å². The van der Waals surface area contributed by atoms with Gasteiger partial charge in [0.25, 0.3) is 11.6 Å².